The van der Waals surface area contributed by atoms with Crippen molar-refractivity contribution in [1.82, 2.24) is 0 Å². The van der Waals surface area contributed by atoms with E-state index in [2.05, 4.69) is 0 Å². The van der Waals surface area contributed by atoms with E-state index < -0.39 is 36.7 Å². The smallest absolute Gasteiger partial charge is 0.335 e. The number of aromatic hydroxyl groups is 1. The summed E-state index contributed by atoms with van der Waals surface area (Å²) in [5, 5.41) is 59.5. The van der Waals surface area contributed by atoms with Gasteiger partial charge in [-0.25, -0.2) is 4.79 Å². The average molecular weight is 517 g/mol. The average Bonchev–Trinajstić information content (AvgIpc) is 2.86. The van der Waals surface area contributed by atoms with Gasteiger partial charge in [-0.15, -0.1) is 0 Å². The fourth-order valence-electron chi connectivity index (χ4n) is 4.37. The van der Waals surface area contributed by atoms with Crippen molar-refractivity contribution in [2.24, 2.45) is 0 Å². The van der Waals surface area contributed by atoms with Crippen molar-refractivity contribution in [3.05, 3.63) is 11.1 Å². The van der Waals surface area contributed by atoms with Crippen molar-refractivity contribution in [2.75, 3.05) is 20.8 Å². The number of methoxy groups -OCH3 is 2. The topological polar surface area (TPSA) is 175 Å². The number of phenols is 1. The Labute approximate surface area is 211 Å². The number of hydrogen-bond donors (Lipinski definition) is 6. The molecule has 0 spiro atoms. The number of unbranched alkanes of at least 4 members (excludes halogenated alkanes) is 7. The summed E-state index contributed by atoms with van der Waals surface area (Å²) in [6, 6.07) is 0. The zero-order valence-corrected chi connectivity index (χ0v) is 21.2. The minimum Gasteiger partial charge on any atom is -0.504 e. The van der Waals surface area contributed by atoms with Gasteiger partial charge < -0.3 is 49.6 Å². The molecule has 1 saturated heterocycles. The van der Waals surface area contributed by atoms with Crippen molar-refractivity contribution >= 4 is 5.97 Å². The highest BCUT2D eigenvalue weighted by Crippen LogP contribution is 2.50. The zero-order valence-electron chi connectivity index (χ0n) is 21.2. The van der Waals surface area contributed by atoms with Crippen LogP contribution in [0.4, 0.5) is 0 Å². The second-order valence-electron chi connectivity index (χ2n) is 9.00. The number of aliphatic carboxylic acids is 1. The first-order valence-corrected chi connectivity index (χ1v) is 12.4. The number of rotatable bonds is 15. The van der Waals surface area contributed by atoms with Gasteiger partial charge in [-0.3, -0.25) is 0 Å². The zero-order chi connectivity index (χ0) is 26.8. The Morgan fingerprint density at radius 3 is 1.92 bits per heavy atom. The Bertz CT molecular complexity index is 844. The Hall–Kier alpha value is -2.31. The number of carboxylic acids is 1. The third-order valence-electron chi connectivity index (χ3n) is 6.50. The van der Waals surface area contributed by atoms with Crippen LogP contribution in [-0.2, 0) is 16.0 Å². The number of benzene rings is 1. The van der Waals surface area contributed by atoms with Crippen LogP contribution in [0.15, 0.2) is 0 Å². The number of ether oxygens (including phenoxy) is 4. The molecule has 0 aliphatic carbocycles. The van der Waals surface area contributed by atoms with E-state index in [1.54, 1.807) is 6.92 Å². The number of aliphatic hydroxyl groups is 4. The molecule has 0 aromatic heterocycles. The number of carboxylic acid groups (broad SMARTS) is 1. The molecule has 5 atom stereocenters. The van der Waals surface area contributed by atoms with E-state index in [0.717, 1.165) is 51.4 Å². The molecule has 1 aromatic rings. The molecule has 0 bridgehead atoms. The largest absolute Gasteiger partial charge is 0.504 e. The molecule has 6 N–H and O–H groups in total. The first-order chi connectivity index (χ1) is 17.2. The van der Waals surface area contributed by atoms with Crippen molar-refractivity contribution in [3.8, 4) is 23.0 Å². The molecule has 0 amide bonds. The molecule has 2 rings (SSSR count). The lowest BCUT2D eigenvalue weighted by Crippen LogP contribution is -2.61. The maximum Gasteiger partial charge on any atom is 0.335 e. The van der Waals surface area contributed by atoms with Crippen LogP contribution in [0.25, 0.3) is 0 Å². The summed E-state index contributed by atoms with van der Waals surface area (Å²) in [5.74, 6) is -1.54. The number of hydrogen-bond acceptors (Lipinski definition) is 10. The van der Waals surface area contributed by atoms with E-state index in [9.17, 15) is 30.3 Å². The maximum atomic E-state index is 11.5. The molecule has 0 saturated carbocycles. The van der Waals surface area contributed by atoms with Crippen LogP contribution < -0.4 is 14.2 Å². The van der Waals surface area contributed by atoms with Crippen LogP contribution in [-0.4, -0.2) is 88.1 Å². The standard InChI is InChI=1S/C25H40O11/c1-14-15(12-10-8-6-4-5-7-9-11-13-26)20(23(34-3)21(33-2)16(14)27)35-25-19(30)17(28)18(29)22(36-25)24(31)32/h17-19,22,25-30H,4-13H2,1-3H3,(H,31,32)/t17-,18-,19+,22-,25-/m0/s1. The molecule has 1 aliphatic rings. The van der Waals surface area contributed by atoms with Gasteiger partial charge >= 0.3 is 5.97 Å². The molecule has 11 heteroatoms. The van der Waals surface area contributed by atoms with Crippen molar-refractivity contribution < 1.29 is 54.4 Å². The number of carbonyl (C=O) groups is 1. The summed E-state index contributed by atoms with van der Waals surface area (Å²) in [6.07, 6.45) is -0.596. The number of phenolic OH excluding ortho intramolecular Hbond substituents is 1. The summed E-state index contributed by atoms with van der Waals surface area (Å²) < 4.78 is 21.9. The van der Waals surface area contributed by atoms with Crippen LogP contribution in [0.5, 0.6) is 23.0 Å². The van der Waals surface area contributed by atoms with Crippen molar-refractivity contribution in [3.63, 3.8) is 0 Å². The predicted octanol–water partition coefficient (Wildman–Crippen LogP) is 1.64. The van der Waals surface area contributed by atoms with E-state index in [-0.39, 0.29) is 29.6 Å². The third kappa shape index (κ3) is 7.13. The van der Waals surface area contributed by atoms with Crippen LogP contribution in [0.3, 0.4) is 0 Å². The van der Waals surface area contributed by atoms with Gasteiger partial charge in [0.15, 0.2) is 17.6 Å². The highest BCUT2D eigenvalue weighted by molar-refractivity contribution is 5.73. The Morgan fingerprint density at radius 2 is 1.39 bits per heavy atom. The minimum atomic E-state index is -1.85. The lowest BCUT2D eigenvalue weighted by atomic mass is 9.97. The van der Waals surface area contributed by atoms with Crippen molar-refractivity contribution in [2.45, 2.75) is 95.4 Å². The lowest BCUT2D eigenvalue weighted by molar-refractivity contribution is -0.271. The molecular formula is C25H40O11. The summed E-state index contributed by atoms with van der Waals surface area (Å²) in [7, 11) is 2.68. The molecular weight excluding hydrogens is 476 g/mol. The summed E-state index contributed by atoms with van der Waals surface area (Å²) in [6.45, 7) is 1.90. The molecule has 0 unspecified atom stereocenters. The number of aliphatic hydroxyl groups excluding tert-OH is 4. The summed E-state index contributed by atoms with van der Waals surface area (Å²) >= 11 is 0. The molecule has 1 aromatic carbocycles. The van der Waals surface area contributed by atoms with Gasteiger partial charge in [0.25, 0.3) is 0 Å². The molecule has 36 heavy (non-hydrogen) atoms. The van der Waals surface area contributed by atoms with E-state index in [4.69, 9.17) is 24.1 Å². The molecule has 1 aliphatic heterocycles. The molecule has 1 fully saturated rings. The van der Waals surface area contributed by atoms with E-state index in [1.165, 1.54) is 14.2 Å². The Kier molecular flexibility index (Phi) is 12.0. The van der Waals surface area contributed by atoms with Gasteiger partial charge in [0.2, 0.25) is 17.8 Å². The van der Waals surface area contributed by atoms with E-state index in [1.807, 2.05) is 0 Å². The fourth-order valence-corrected chi connectivity index (χ4v) is 4.37. The predicted molar refractivity (Wildman–Crippen MR) is 129 cm³/mol. The van der Waals surface area contributed by atoms with Crippen LogP contribution in [0.2, 0.25) is 0 Å². The maximum absolute atomic E-state index is 11.5. The lowest BCUT2D eigenvalue weighted by Gasteiger charge is -2.39. The summed E-state index contributed by atoms with van der Waals surface area (Å²) in [5.41, 5.74) is 1.03. The molecule has 0 radical (unpaired) electrons. The highest BCUT2D eigenvalue weighted by Gasteiger charge is 2.48. The van der Waals surface area contributed by atoms with Crippen molar-refractivity contribution in [1.29, 1.82) is 0 Å². The quantitative estimate of drug-likeness (QED) is 0.187. The van der Waals surface area contributed by atoms with Gasteiger partial charge in [0, 0.05) is 17.7 Å². The van der Waals surface area contributed by atoms with Gasteiger partial charge in [0.1, 0.15) is 18.3 Å². The van der Waals surface area contributed by atoms with Gasteiger partial charge in [-0.05, 0) is 26.2 Å². The van der Waals surface area contributed by atoms with Gasteiger partial charge in [-0.1, -0.05) is 38.5 Å². The monoisotopic (exact) mass is 516 g/mol. The third-order valence-corrected chi connectivity index (χ3v) is 6.50. The Balaban J connectivity index is 2.23. The molecule has 206 valence electrons. The highest BCUT2D eigenvalue weighted by atomic mass is 16.7. The van der Waals surface area contributed by atoms with Crippen LogP contribution in [0.1, 0.15) is 62.5 Å². The molecule has 1 heterocycles. The second-order valence-corrected chi connectivity index (χ2v) is 9.00. The second kappa shape index (κ2) is 14.4. The summed E-state index contributed by atoms with van der Waals surface area (Å²) in [4.78, 5) is 11.5. The SMILES string of the molecule is COc1c(O)c(C)c(CCCCCCCCCCO)c(O[C@H]2O[C@H](C(=O)O)[C@@H](O)[C@H](O)[C@H]2O)c1OC. The first-order valence-electron chi connectivity index (χ1n) is 12.4. The van der Waals surface area contributed by atoms with Crippen LogP contribution in [0, 0.1) is 6.92 Å². The van der Waals surface area contributed by atoms with Crippen LogP contribution >= 0.6 is 0 Å². The minimum absolute atomic E-state index is 0.00250. The normalized spacial score (nSPS) is 23.9. The van der Waals surface area contributed by atoms with E-state index in [0.29, 0.717) is 17.5 Å². The van der Waals surface area contributed by atoms with Gasteiger partial charge in [-0.2, -0.15) is 0 Å². The molecule has 11 nitrogen and oxygen atoms in total. The Morgan fingerprint density at radius 1 is 0.833 bits per heavy atom. The van der Waals surface area contributed by atoms with E-state index >= 15 is 0 Å². The first kappa shape index (κ1) is 29.9. The van der Waals surface area contributed by atoms with Gasteiger partial charge in [0.05, 0.1) is 14.2 Å². The fraction of sp³-hybridized carbons (Fsp3) is 0.720.